The van der Waals surface area contributed by atoms with Gasteiger partial charge in [-0.1, -0.05) is 37.0 Å². The van der Waals surface area contributed by atoms with Crippen molar-refractivity contribution < 1.29 is 9.90 Å². The van der Waals surface area contributed by atoms with Crippen LogP contribution in [0.1, 0.15) is 56.2 Å². The molecule has 0 aromatic carbocycles. The molecule has 0 aliphatic heterocycles. The minimum atomic E-state index is -0.761. The van der Waals surface area contributed by atoms with Gasteiger partial charge in [0.15, 0.2) is 16.6 Å². The van der Waals surface area contributed by atoms with E-state index in [4.69, 9.17) is 23.2 Å². The Balaban J connectivity index is 1.41. The van der Waals surface area contributed by atoms with Gasteiger partial charge in [-0.3, -0.25) is 4.79 Å². The highest BCUT2D eigenvalue weighted by molar-refractivity contribution is 6.32. The zero-order chi connectivity index (χ0) is 23.5. The summed E-state index contributed by atoms with van der Waals surface area (Å²) in [6, 6.07) is 3.28. The molecule has 0 bridgehead atoms. The van der Waals surface area contributed by atoms with Gasteiger partial charge in [0, 0.05) is 23.2 Å². The first-order valence-electron chi connectivity index (χ1n) is 10.3. The number of hydrogen-bond donors (Lipinski definition) is 2. The first-order valence-corrected chi connectivity index (χ1v) is 11.0. The molecule has 5 rings (SSSR count). The highest BCUT2D eigenvalue weighted by Crippen LogP contribution is 2.46. The van der Waals surface area contributed by atoms with Crippen LogP contribution in [-0.4, -0.2) is 45.6 Å². The van der Waals surface area contributed by atoms with E-state index in [1.807, 2.05) is 0 Å². The van der Waals surface area contributed by atoms with Crippen LogP contribution in [0.4, 0.5) is 5.69 Å². The lowest BCUT2D eigenvalue weighted by atomic mass is 9.88. The fourth-order valence-electron chi connectivity index (χ4n) is 4.25. The second-order valence-corrected chi connectivity index (χ2v) is 9.49. The molecule has 2 atom stereocenters. The van der Waals surface area contributed by atoms with Crippen molar-refractivity contribution >= 4 is 40.4 Å². The first-order chi connectivity index (χ1) is 15.6. The molecule has 1 aliphatic carbocycles. The molecular weight excluding hydrogens is 467 g/mol. The maximum atomic E-state index is 13.2. The summed E-state index contributed by atoms with van der Waals surface area (Å²) in [5.41, 5.74) is 2.91. The molecule has 0 saturated heterocycles. The average Bonchev–Trinajstić information content (AvgIpc) is 3.43. The molecule has 170 valence electrons. The van der Waals surface area contributed by atoms with Crippen molar-refractivity contribution in [2.45, 2.75) is 44.6 Å². The number of pyridine rings is 1. The lowest BCUT2D eigenvalue weighted by Gasteiger charge is -2.19. The van der Waals surface area contributed by atoms with Gasteiger partial charge in [0.05, 0.1) is 40.8 Å². The van der Waals surface area contributed by atoms with Crippen LogP contribution in [0.3, 0.4) is 0 Å². The Hall–Kier alpha value is -3.08. The van der Waals surface area contributed by atoms with Crippen LogP contribution in [0.5, 0.6) is 0 Å². The van der Waals surface area contributed by atoms with Crippen LogP contribution in [-0.2, 0) is 10.2 Å². The second kappa shape index (κ2) is 7.75. The van der Waals surface area contributed by atoms with E-state index in [9.17, 15) is 9.90 Å². The highest BCUT2D eigenvalue weighted by Gasteiger charge is 2.43. The number of nitrogens with one attached hydrogen (secondary N) is 1. The molecule has 0 radical (unpaired) electrons. The highest BCUT2D eigenvalue weighted by atomic mass is 35.5. The van der Waals surface area contributed by atoms with Crippen molar-refractivity contribution in [2.24, 2.45) is 0 Å². The van der Waals surface area contributed by atoms with E-state index in [1.165, 1.54) is 17.2 Å². The summed E-state index contributed by atoms with van der Waals surface area (Å²) in [6.45, 7) is 5.73. The van der Waals surface area contributed by atoms with E-state index < -0.39 is 12.0 Å². The van der Waals surface area contributed by atoms with Crippen molar-refractivity contribution in [3.8, 4) is 5.82 Å². The quantitative estimate of drug-likeness (QED) is 0.452. The van der Waals surface area contributed by atoms with Crippen LogP contribution in [0.2, 0.25) is 10.2 Å². The summed E-state index contributed by atoms with van der Waals surface area (Å²) in [4.78, 5) is 23.2. The second-order valence-electron chi connectivity index (χ2n) is 8.69. The van der Waals surface area contributed by atoms with Gasteiger partial charge in [0.25, 0.3) is 0 Å². The molecule has 4 heterocycles. The van der Waals surface area contributed by atoms with Crippen LogP contribution in [0.25, 0.3) is 11.5 Å². The third kappa shape index (κ3) is 3.73. The summed E-state index contributed by atoms with van der Waals surface area (Å²) in [6.07, 6.45) is 4.47. The van der Waals surface area contributed by atoms with E-state index in [0.29, 0.717) is 28.6 Å². The monoisotopic (exact) mass is 486 g/mol. The molecule has 2 N–H and O–H groups in total. The number of aliphatic hydroxyl groups excluding tert-OH is 1. The Morgan fingerprint density at radius 2 is 2.00 bits per heavy atom. The molecule has 12 heteroatoms. The number of aromatic nitrogens is 7. The number of nitrogens with zero attached hydrogens (tertiary/aromatic N) is 7. The fraction of sp³-hybridized carbons (Fsp3) is 0.333. The number of carbonyl (C=O) groups is 1. The molecule has 4 aromatic heterocycles. The largest absolute Gasteiger partial charge is 0.387 e. The average molecular weight is 487 g/mol. The minimum absolute atomic E-state index is 0.194. The minimum Gasteiger partial charge on any atom is -0.387 e. The van der Waals surface area contributed by atoms with E-state index in [0.717, 1.165) is 11.3 Å². The third-order valence-corrected chi connectivity index (χ3v) is 6.21. The van der Waals surface area contributed by atoms with Crippen molar-refractivity contribution in [3.63, 3.8) is 0 Å². The molecule has 4 aromatic rings. The predicted molar refractivity (Wildman–Crippen MR) is 122 cm³/mol. The Morgan fingerprint density at radius 3 is 2.70 bits per heavy atom. The number of halogens is 2. The van der Waals surface area contributed by atoms with Gasteiger partial charge in [-0.25, -0.2) is 14.5 Å². The van der Waals surface area contributed by atoms with E-state index in [-0.39, 0.29) is 22.2 Å². The van der Waals surface area contributed by atoms with Crippen LogP contribution < -0.4 is 5.32 Å². The summed E-state index contributed by atoms with van der Waals surface area (Å²) < 4.78 is 1.72. The number of rotatable bonds is 4. The van der Waals surface area contributed by atoms with Gasteiger partial charge in [0.2, 0.25) is 5.91 Å². The van der Waals surface area contributed by atoms with Crippen LogP contribution in [0.15, 0.2) is 30.7 Å². The lowest BCUT2D eigenvalue weighted by Crippen LogP contribution is -2.21. The Bertz CT molecular complexity index is 1390. The smallest absolute Gasteiger partial charge is 0.232 e. The molecule has 0 saturated carbocycles. The van der Waals surface area contributed by atoms with Crippen LogP contribution in [0, 0.1) is 0 Å². The van der Waals surface area contributed by atoms with Crippen molar-refractivity contribution in [2.75, 3.05) is 5.32 Å². The number of carbonyl (C=O) groups excluding carboxylic acids is 1. The Kier molecular flexibility index (Phi) is 5.11. The molecular formula is C21H20Cl2N8O2. The zero-order valence-electron chi connectivity index (χ0n) is 18.0. The number of amides is 1. The van der Waals surface area contributed by atoms with Gasteiger partial charge in [-0.05, 0) is 19.4 Å². The fourth-order valence-corrected chi connectivity index (χ4v) is 4.66. The van der Waals surface area contributed by atoms with Gasteiger partial charge in [-0.15, -0.1) is 9.90 Å². The molecule has 0 fully saturated rings. The van der Waals surface area contributed by atoms with Crippen molar-refractivity contribution in [3.05, 3.63) is 57.9 Å². The lowest BCUT2D eigenvalue weighted by molar-refractivity contribution is -0.117. The summed E-state index contributed by atoms with van der Waals surface area (Å²) in [5, 5.41) is 25.7. The molecule has 33 heavy (non-hydrogen) atoms. The number of aliphatic hydroxyl groups is 1. The zero-order valence-corrected chi connectivity index (χ0v) is 19.5. The first kappa shape index (κ1) is 21.7. The number of anilines is 1. The Morgan fingerprint density at radius 1 is 1.21 bits per heavy atom. The van der Waals surface area contributed by atoms with Crippen molar-refractivity contribution in [1.29, 1.82) is 0 Å². The topological polar surface area (TPSA) is 123 Å². The van der Waals surface area contributed by atoms with Gasteiger partial charge >= 0.3 is 0 Å². The molecule has 10 nitrogen and oxygen atoms in total. The predicted octanol–water partition coefficient (Wildman–Crippen LogP) is 3.47. The van der Waals surface area contributed by atoms with Gasteiger partial charge in [0.1, 0.15) is 5.69 Å². The summed E-state index contributed by atoms with van der Waals surface area (Å²) >= 11 is 12.5. The SMILES string of the molecule is CC(O)c1cnn(-c2ncc(NC(=O)[C@@H]3CC(C)(C)c4c3cnc3cc(Cl)nn43)cc2Cl)n1. The van der Waals surface area contributed by atoms with Crippen LogP contribution >= 0.6 is 23.2 Å². The summed E-state index contributed by atoms with van der Waals surface area (Å²) in [5.74, 6) is -0.328. The third-order valence-electron chi connectivity index (χ3n) is 5.75. The van der Waals surface area contributed by atoms with E-state index >= 15 is 0 Å². The maximum Gasteiger partial charge on any atom is 0.232 e. The Labute approximate surface area is 198 Å². The normalized spacial score (nSPS) is 17.8. The maximum absolute atomic E-state index is 13.2. The number of fused-ring (bicyclic) bond motifs is 3. The summed E-state index contributed by atoms with van der Waals surface area (Å²) in [7, 11) is 0. The van der Waals surface area contributed by atoms with E-state index in [1.54, 1.807) is 29.8 Å². The standard InChI is InChI=1S/C21H20Cl2N8O2/c1-10(32)15-9-26-31(28-15)19-14(22)4-11(7-25-19)27-20(33)12-6-21(2,3)18-13(12)8-24-17-5-16(23)29-30(17)18/h4-5,7-10,12,32H,6H2,1-3H3,(H,27,33)/t10?,12-/m1/s1. The van der Waals surface area contributed by atoms with E-state index in [2.05, 4.69) is 44.4 Å². The van der Waals surface area contributed by atoms with Gasteiger partial charge in [-0.2, -0.15) is 10.2 Å². The molecule has 1 unspecified atom stereocenters. The molecule has 1 amide bonds. The molecule has 0 spiro atoms. The number of hydrogen-bond acceptors (Lipinski definition) is 7. The van der Waals surface area contributed by atoms with Gasteiger partial charge < -0.3 is 10.4 Å². The molecule has 1 aliphatic rings. The van der Waals surface area contributed by atoms with Crippen molar-refractivity contribution in [1.82, 2.24) is 34.6 Å².